The molecule has 0 radical (unpaired) electrons. The van der Waals surface area contributed by atoms with Crippen molar-refractivity contribution in [1.29, 1.82) is 0 Å². The summed E-state index contributed by atoms with van der Waals surface area (Å²) < 4.78 is 24.3. The number of amides is 1. The van der Waals surface area contributed by atoms with E-state index in [0.717, 1.165) is 11.3 Å². The molecule has 2 rings (SSSR count). The molecule has 7 nitrogen and oxygen atoms in total. The molecule has 0 unspecified atom stereocenters. The molecule has 1 fully saturated rings. The molecule has 1 amide bonds. The lowest BCUT2D eigenvalue weighted by Gasteiger charge is -2.33. The molecular weight excluding hydrogens is 292 g/mol. The summed E-state index contributed by atoms with van der Waals surface area (Å²) in [6.45, 7) is 3.36. The molecule has 1 aromatic rings. The summed E-state index contributed by atoms with van der Waals surface area (Å²) in [6.07, 6.45) is 1.19. The van der Waals surface area contributed by atoms with Crippen molar-refractivity contribution in [2.75, 3.05) is 37.9 Å². The fourth-order valence-electron chi connectivity index (χ4n) is 2.36. The number of nitrogens with zero attached hydrogens (tertiary/aromatic N) is 2. The number of rotatable bonds is 3. The van der Waals surface area contributed by atoms with Gasteiger partial charge in [0.2, 0.25) is 10.0 Å². The molecule has 0 aliphatic carbocycles. The highest BCUT2D eigenvalue weighted by Crippen LogP contribution is 2.17. The minimum atomic E-state index is -3.18. The first kappa shape index (κ1) is 15.7. The second-order valence-electron chi connectivity index (χ2n) is 5.13. The number of anilines is 1. The number of aryl methyl sites for hydroxylation is 1. The first-order chi connectivity index (χ1) is 9.82. The zero-order chi connectivity index (χ0) is 15.6. The van der Waals surface area contributed by atoms with E-state index in [1.54, 1.807) is 23.1 Å². The number of hydrogen-bond acceptors (Lipinski definition) is 5. The Morgan fingerprint density at radius 2 is 1.86 bits per heavy atom. The minimum absolute atomic E-state index is 0.0881. The molecule has 1 aliphatic rings. The van der Waals surface area contributed by atoms with Crippen LogP contribution in [0.25, 0.3) is 0 Å². The second-order valence-corrected chi connectivity index (χ2v) is 7.11. The van der Waals surface area contributed by atoms with Crippen LogP contribution in [0.2, 0.25) is 0 Å². The number of nitrogens with two attached hydrogens (primary N) is 1. The van der Waals surface area contributed by atoms with Crippen LogP contribution < -0.4 is 11.3 Å². The third-order valence-electron chi connectivity index (χ3n) is 3.62. The number of carbonyl (C=O) groups is 1. The molecule has 1 aliphatic heterocycles. The van der Waals surface area contributed by atoms with Crippen molar-refractivity contribution in [3.05, 3.63) is 29.3 Å². The molecule has 3 N–H and O–H groups in total. The van der Waals surface area contributed by atoms with Crippen molar-refractivity contribution in [3.63, 3.8) is 0 Å². The van der Waals surface area contributed by atoms with Gasteiger partial charge < -0.3 is 10.3 Å². The molecule has 21 heavy (non-hydrogen) atoms. The summed E-state index contributed by atoms with van der Waals surface area (Å²) in [5.41, 5.74) is 4.81. The average Bonchev–Trinajstić information content (AvgIpc) is 2.45. The van der Waals surface area contributed by atoms with Crippen LogP contribution >= 0.6 is 0 Å². The van der Waals surface area contributed by atoms with Gasteiger partial charge in [-0.15, -0.1) is 0 Å². The topological polar surface area (TPSA) is 95.7 Å². The van der Waals surface area contributed by atoms with Gasteiger partial charge in [0.15, 0.2) is 0 Å². The lowest BCUT2D eigenvalue weighted by Crippen LogP contribution is -2.50. The van der Waals surface area contributed by atoms with Gasteiger partial charge in [0.1, 0.15) is 0 Å². The lowest BCUT2D eigenvalue weighted by atomic mass is 10.1. The fourth-order valence-corrected chi connectivity index (χ4v) is 3.19. The molecule has 1 saturated heterocycles. The van der Waals surface area contributed by atoms with Crippen molar-refractivity contribution in [3.8, 4) is 0 Å². The highest BCUT2D eigenvalue weighted by Gasteiger charge is 2.26. The molecular formula is C13H20N4O3S. The number of piperazine rings is 1. The van der Waals surface area contributed by atoms with Gasteiger partial charge >= 0.3 is 0 Å². The Kier molecular flexibility index (Phi) is 4.50. The summed E-state index contributed by atoms with van der Waals surface area (Å²) in [5, 5.41) is 0. The Bertz CT molecular complexity index is 637. The van der Waals surface area contributed by atoms with E-state index in [4.69, 9.17) is 5.84 Å². The Morgan fingerprint density at radius 3 is 2.33 bits per heavy atom. The number of nitrogen functional groups attached to an aromatic ring is 1. The number of hydrogen-bond donors (Lipinski definition) is 2. The third kappa shape index (κ3) is 3.52. The van der Waals surface area contributed by atoms with Gasteiger partial charge in [-0.1, -0.05) is 0 Å². The Morgan fingerprint density at radius 1 is 1.24 bits per heavy atom. The zero-order valence-corrected chi connectivity index (χ0v) is 13.0. The quantitative estimate of drug-likeness (QED) is 0.605. The first-order valence-corrected chi connectivity index (χ1v) is 8.49. The van der Waals surface area contributed by atoms with Crippen LogP contribution in [0.4, 0.5) is 5.69 Å². The second kappa shape index (κ2) is 6.00. The van der Waals surface area contributed by atoms with E-state index < -0.39 is 10.0 Å². The van der Waals surface area contributed by atoms with Gasteiger partial charge in [-0.3, -0.25) is 10.6 Å². The maximum atomic E-state index is 12.4. The molecule has 8 heteroatoms. The predicted octanol–water partition coefficient (Wildman–Crippen LogP) is -0.00198. The van der Waals surface area contributed by atoms with Gasteiger partial charge in [0.05, 0.1) is 11.9 Å². The molecule has 1 heterocycles. The van der Waals surface area contributed by atoms with Crippen molar-refractivity contribution in [1.82, 2.24) is 9.21 Å². The minimum Gasteiger partial charge on any atom is -0.336 e. The van der Waals surface area contributed by atoms with Crippen LogP contribution in [-0.2, 0) is 10.0 Å². The fraction of sp³-hybridized carbons (Fsp3) is 0.462. The van der Waals surface area contributed by atoms with E-state index in [9.17, 15) is 13.2 Å². The summed E-state index contributed by atoms with van der Waals surface area (Å²) in [5.74, 6) is 5.28. The van der Waals surface area contributed by atoms with E-state index in [1.165, 1.54) is 10.6 Å². The molecule has 0 saturated carbocycles. The van der Waals surface area contributed by atoms with Crippen LogP contribution in [0.15, 0.2) is 18.2 Å². The van der Waals surface area contributed by atoms with Crippen LogP contribution in [0, 0.1) is 6.92 Å². The average molecular weight is 312 g/mol. The molecule has 0 atom stereocenters. The normalized spacial score (nSPS) is 16.8. The van der Waals surface area contributed by atoms with Crippen LogP contribution in [0.3, 0.4) is 0 Å². The van der Waals surface area contributed by atoms with Crippen LogP contribution in [0.5, 0.6) is 0 Å². The molecule has 116 valence electrons. The number of benzene rings is 1. The van der Waals surface area contributed by atoms with E-state index in [0.29, 0.717) is 31.7 Å². The van der Waals surface area contributed by atoms with Gasteiger partial charge in [0, 0.05) is 31.7 Å². The van der Waals surface area contributed by atoms with Gasteiger partial charge in [0.25, 0.3) is 5.91 Å². The van der Waals surface area contributed by atoms with Crippen molar-refractivity contribution >= 4 is 21.6 Å². The Labute approximate surface area is 124 Å². The predicted molar refractivity (Wildman–Crippen MR) is 81.3 cm³/mol. The highest BCUT2D eigenvalue weighted by molar-refractivity contribution is 7.88. The summed E-state index contributed by atoms with van der Waals surface area (Å²) in [7, 11) is -3.18. The summed E-state index contributed by atoms with van der Waals surface area (Å²) in [4.78, 5) is 14.1. The van der Waals surface area contributed by atoms with Crippen molar-refractivity contribution in [2.45, 2.75) is 6.92 Å². The maximum absolute atomic E-state index is 12.4. The molecule has 0 spiro atoms. The van der Waals surface area contributed by atoms with E-state index >= 15 is 0 Å². The molecule has 0 aromatic heterocycles. The van der Waals surface area contributed by atoms with Gasteiger partial charge in [-0.2, -0.15) is 4.31 Å². The summed E-state index contributed by atoms with van der Waals surface area (Å²) in [6, 6.07) is 5.25. The largest absolute Gasteiger partial charge is 0.336 e. The van der Waals surface area contributed by atoms with Crippen LogP contribution in [0.1, 0.15) is 15.9 Å². The first-order valence-electron chi connectivity index (χ1n) is 6.64. The number of sulfonamides is 1. The van der Waals surface area contributed by atoms with E-state index in [2.05, 4.69) is 5.43 Å². The van der Waals surface area contributed by atoms with Crippen molar-refractivity contribution < 1.29 is 13.2 Å². The Hall–Kier alpha value is -1.64. The number of carbonyl (C=O) groups excluding carboxylic acids is 1. The lowest BCUT2D eigenvalue weighted by molar-refractivity contribution is 0.0698. The standard InChI is InChI=1S/C13H20N4O3S/c1-10-9-11(3-4-12(10)15-14)13(18)16-5-7-17(8-6-16)21(2,19)20/h3-4,9,15H,5-8,14H2,1-2H3. The van der Waals surface area contributed by atoms with Gasteiger partial charge in [-0.05, 0) is 30.7 Å². The van der Waals surface area contributed by atoms with Gasteiger partial charge in [-0.25, -0.2) is 8.42 Å². The van der Waals surface area contributed by atoms with E-state index in [1.807, 2.05) is 6.92 Å². The van der Waals surface area contributed by atoms with E-state index in [-0.39, 0.29) is 5.91 Å². The SMILES string of the molecule is Cc1cc(C(=O)N2CCN(S(C)(=O)=O)CC2)ccc1NN. The third-order valence-corrected chi connectivity index (χ3v) is 4.93. The Balaban J connectivity index is 2.07. The number of nitrogens with one attached hydrogen (secondary N) is 1. The smallest absolute Gasteiger partial charge is 0.253 e. The summed E-state index contributed by atoms with van der Waals surface area (Å²) >= 11 is 0. The highest BCUT2D eigenvalue weighted by atomic mass is 32.2. The molecule has 0 bridgehead atoms. The zero-order valence-electron chi connectivity index (χ0n) is 12.2. The van der Waals surface area contributed by atoms with Crippen molar-refractivity contribution in [2.24, 2.45) is 5.84 Å². The maximum Gasteiger partial charge on any atom is 0.253 e. The number of hydrazine groups is 1. The monoisotopic (exact) mass is 312 g/mol. The van der Waals surface area contributed by atoms with Crippen LogP contribution in [-0.4, -0.2) is 56.0 Å². The molecule has 1 aromatic carbocycles.